The number of hydrogen-bond acceptors (Lipinski definition) is 4. The summed E-state index contributed by atoms with van der Waals surface area (Å²) in [4.78, 5) is 27.6. The summed E-state index contributed by atoms with van der Waals surface area (Å²) in [7, 11) is 0. The van der Waals surface area contributed by atoms with Crippen LogP contribution in [0.2, 0.25) is 0 Å². The standard InChI is InChI=1S/C8H5N3O3/c12-8-5-3-9-2-1-6(5)10-4-7(8)11(13)14/h1-4H,(H,10,12). The van der Waals surface area contributed by atoms with Gasteiger partial charge in [-0.2, -0.15) is 0 Å². The van der Waals surface area contributed by atoms with E-state index in [1.54, 1.807) is 6.07 Å². The summed E-state index contributed by atoms with van der Waals surface area (Å²) in [5.74, 6) is 0. The molecule has 6 heteroatoms. The number of hydrogen-bond donors (Lipinski definition) is 1. The molecular weight excluding hydrogens is 186 g/mol. The summed E-state index contributed by atoms with van der Waals surface area (Å²) in [5.41, 5.74) is -0.544. The van der Waals surface area contributed by atoms with Crippen molar-refractivity contribution in [3.8, 4) is 0 Å². The summed E-state index contributed by atoms with van der Waals surface area (Å²) in [6.45, 7) is 0. The fraction of sp³-hybridized carbons (Fsp3) is 0. The fourth-order valence-electron chi connectivity index (χ4n) is 1.19. The van der Waals surface area contributed by atoms with Crippen molar-refractivity contribution in [1.82, 2.24) is 9.97 Å². The number of nitrogens with zero attached hydrogens (tertiary/aromatic N) is 2. The van der Waals surface area contributed by atoms with Gasteiger partial charge in [-0.15, -0.1) is 0 Å². The third-order valence-electron chi connectivity index (χ3n) is 1.86. The minimum atomic E-state index is -0.717. The maximum Gasteiger partial charge on any atom is 0.332 e. The highest BCUT2D eigenvalue weighted by Gasteiger charge is 2.13. The Hall–Kier alpha value is -2.24. The lowest BCUT2D eigenvalue weighted by Crippen LogP contribution is -2.09. The molecule has 0 spiro atoms. The van der Waals surface area contributed by atoms with E-state index in [1.807, 2.05) is 0 Å². The summed E-state index contributed by atoms with van der Waals surface area (Å²) < 4.78 is 0. The molecule has 0 aromatic carbocycles. The Morgan fingerprint density at radius 3 is 3.00 bits per heavy atom. The number of fused-ring (bicyclic) bond motifs is 1. The normalized spacial score (nSPS) is 10.3. The number of nitrogens with one attached hydrogen (secondary N) is 1. The van der Waals surface area contributed by atoms with Crippen molar-refractivity contribution >= 4 is 16.6 Å². The molecule has 0 aliphatic carbocycles. The van der Waals surface area contributed by atoms with Gasteiger partial charge in [-0.3, -0.25) is 19.9 Å². The van der Waals surface area contributed by atoms with Crippen molar-refractivity contribution in [2.75, 3.05) is 0 Å². The van der Waals surface area contributed by atoms with Crippen LogP contribution in [0.5, 0.6) is 0 Å². The van der Waals surface area contributed by atoms with E-state index in [4.69, 9.17) is 0 Å². The van der Waals surface area contributed by atoms with Crippen LogP contribution >= 0.6 is 0 Å². The van der Waals surface area contributed by atoms with Gasteiger partial charge in [0.05, 0.1) is 22.0 Å². The van der Waals surface area contributed by atoms with Gasteiger partial charge < -0.3 is 4.98 Å². The quantitative estimate of drug-likeness (QED) is 0.534. The van der Waals surface area contributed by atoms with Gasteiger partial charge in [-0.1, -0.05) is 0 Å². The lowest BCUT2D eigenvalue weighted by atomic mass is 10.2. The van der Waals surface area contributed by atoms with Crippen LogP contribution in [0.25, 0.3) is 10.9 Å². The molecule has 14 heavy (non-hydrogen) atoms. The molecule has 0 aliphatic rings. The molecule has 0 saturated heterocycles. The first-order valence-electron chi connectivity index (χ1n) is 3.80. The molecule has 0 unspecified atom stereocenters. The van der Waals surface area contributed by atoms with E-state index >= 15 is 0 Å². The molecule has 0 aliphatic heterocycles. The average molecular weight is 191 g/mol. The van der Waals surface area contributed by atoms with Gasteiger partial charge in [0.2, 0.25) is 0 Å². The first kappa shape index (κ1) is 8.36. The first-order chi connectivity index (χ1) is 6.70. The monoisotopic (exact) mass is 191 g/mol. The van der Waals surface area contributed by atoms with Gasteiger partial charge in [0, 0.05) is 12.4 Å². The summed E-state index contributed by atoms with van der Waals surface area (Å²) in [6.07, 6.45) is 3.90. The zero-order valence-electron chi connectivity index (χ0n) is 6.93. The third-order valence-corrected chi connectivity index (χ3v) is 1.86. The Morgan fingerprint density at radius 1 is 1.50 bits per heavy atom. The van der Waals surface area contributed by atoms with Crippen molar-refractivity contribution in [2.24, 2.45) is 0 Å². The molecular formula is C8H5N3O3. The molecule has 0 radical (unpaired) electrons. The number of H-pyrrole nitrogens is 1. The number of rotatable bonds is 1. The van der Waals surface area contributed by atoms with Crippen LogP contribution in [0.15, 0.2) is 29.5 Å². The van der Waals surface area contributed by atoms with Gasteiger partial charge in [-0.25, -0.2) is 0 Å². The lowest BCUT2D eigenvalue weighted by molar-refractivity contribution is -0.386. The Kier molecular flexibility index (Phi) is 1.74. The van der Waals surface area contributed by atoms with Gasteiger partial charge >= 0.3 is 5.69 Å². The van der Waals surface area contributed by atoms with E-state index in [9.17, 15) is 14.9 Å². The molecule has 70 valence electrons. The molecule has 1 N–H and O–H groups in total. The van der Waals surface area contributed by atoms with Gasteiger partial charge in [0.15, 0.2) is 0 Å². The zero-order chi connectivity index (χ0) is 10.1. The molecule has 0 saturated carbocycles. The van der Waals surface area contributed by atoms with E-state index < -0.39 is 16.0 Å². The van der Waals surface area contributed by atoms with Gasteiger partial charge in [-0.05, 0) is 6.07 Å². The molecule has 0 atom stereocenters. The van der Waals surface area contributed by atoms with Crippen LogP contribution in [0.3, 0.4) is 0 Å². The van der Waals surface area contributed by atoms with Crippen molar-refractivity contribution in [2.45, 2.75) is 0 Å². The van der Waals surface area contributed by atoms with Crippen molar-refractivity contribution < 1.29 is 4.92 Å². The van der Waals surface area contributed by atoms with Crippen LogP contribution in [0.4, 0.5) is 5.69 Å². The van der Waals surface area contributed by atoms with E-state index in [1.165, 1.54) is 12.4 Å². The first-order valence-corrected chi connectivity index (χ1v) is 3.80. The molecule has 2 aromatic rings. The minimum absolute atomic E-state index is 0.224. The highest BCUT2D eigenvalue weighted by molar-refractivity contribution is 5.78. The molecule has 2 aromatic heterocycles. The van der Waals surface area contributed by atoms with E-state index in [2.05, 4.69) is 9.97 Å². The SMILES string of the molecule is O=c1c([N+](=O)[O-])c[nH]c2ccncc12. The predicted octanol–water partition coefficient (Wildman–Crippen LogP) is 0.831. The van der Waals surface area contributed by atoms with Crippen molar-refractivity contribution in [1.29, 1.82) is 0 Å². The highest BCUT2D eigenvalue weighted by atomic mass is 16.6. The zero-order valence-corrected chi connectivity index (χ0v) is 6.93. The largest absolute Gasteiger partial charge is 0.355 e. The number of pyridine rings is 2. The second-order valence-corrected chi connectivity index (χ2v) is 2.68. The molecule has 6 nitrogen and oxygen atoms in total. The van der Waals surface area contributed by atoms with Gasteiger partial charge in [0.1, 0.15) is 0 Å². The summed E-state index contributed by atoms with van der Waals surface area (Å²) >= 11 is 0. The fourth-order valence-corrected chi connectivity index (χ4v) is 1.19. The Morgan fingerprint density at radius 2 is 2.29 bits per heavy atom. The van der Waals surface area contributed by atoms with E-state index in [-0.39, 0.29) is 5.39 Å². The lowest BCUT2D eigenvalue weighted by Gasteiger charge is -1.95. The Bertz CT molecular complexity index is 561. The maximum atomic E-state index is 11.5. The smallest absolute Gasteiger partial charge is 0.332 e. The average Bonchev–Trinajstić information content (AvgIpc) is 2.18. The van der Waals surface area contributed by atoms with Crippen LogP contribution in [-0.4, -0.2) is 14.9 Å². The molecule has 2 heterocycles. The Labute approximate surface area is 77.4 Å². The Balaban J connectivity index is 2.89. The number of aromatic amines is 1. The number of nitro groups is 1. The summed E-state index contributed by atoms with van der Waals surface area (Å²) in [6, 6.07) is 1.58. The topological polar surface area (TPSA) is 88.9 Å². The molecule has 0 fully saturated rings. The second-order valence-electron chi connectivity index (χ2n) is 2.68. The van der Waals surface area contributed by atoms with E-state index in [0.717, 1.165) is 6.20 Å². The van der Waals surface area contributed by atoms with Crippen molar-refractivity contribution in [3.05, 3.63) is 45.0 Å². The van der Waals surface area contributed by atoms with Crippen molar-refractivity contribution in [3.63, 3.8) is 0 Å². The number of aromatic nitrogens is 2. The summed E-state index contributed by atoms with van der Waals surface area (Å²) in [5, 5.41) is 10.7. The van der Waals surface area contributed by atoms with Crippen LogP contribution < -0.4 is 5.43 Å². The highest BCUT2D eigenvalue weighted by Crippen LogP contribution is 2.09. The predicted molar refractivity (Wildman–Crippen MR) is 49.0 cm³/mol. The molecule has 0 bridgehead atoms. The van der Waals surface area contributed by atoms with Crippen LogP contribution in [0.1, 0.15) is 0 Å². The molecule has 0 amide bonds. The minimum Gasteiger partial charge on any atom is -0.355 e. The van der Waals surface area contributed by atoms with E-state index in [0.29, 0.717) is 5.52 Å². The third kappa shape index (κ3) is 1.13. The van der Waals surface area contributed by atoms with Crippen LogP contribution in [-0.2, 0) is 0 Å². The van der Waals surface area contributed by atoms with Crippen LogP contribution in [0, 0.1) is 10.1 Å². The molecule has 2 rings (SSSR count). The second kappa shape index (κ2) is 2.91. The maximum absolute atomic E-state index is 11.5. The van der Waals surface area contributed by atoms with Gasteiger partial charge in [0.25, 0.3) is 5.43 Å².